The second-order valence-corrected chi connectivity index (χ2v) is 13.4. The van der Waals surface area contributed by atoms with Gasteiger partial charge in [0, 0.05) is 50.2 Å². The van der Waals surface area contributed by atoms with Gasteiger partial charge in [-0.15, -0.1) is 0 Å². The van der Waals surface area contributed by atoms with Crippen LogP contribution in [0.3, 0.4) is 0 Å². The Balaban J connectivity index is 0.967. The summed E-state index contributed by atoms with van der Waals surface area (Å²) in [4.78, 5) is 34.3. The van der Waals surface area contributed by atoms with Gasteiger partial charge in [-0.3, -0.25) is 4.79 Å². The lowest BCUT2D eigenvalue weighted by atomic mass is 9.86. The minimum atomic E-state index is -0.467. The standard InChI is InChI=1S/C32H48N6O5/c1-32(2,3)42-31(40)34-26-9-5-22(6-10-26)20-37-16-13-23(21-37)19-33-29(39)25-14-17-38(18-15-25)30-35-28(36-43-30)24-7-11-27(41-4)12-8-24/h7-8,11-12,22-23,25-26H,5-6,9-10,13-21H2,1-4H3,(H,33,39)(H,34,40). The van der Waals surface area contributed by atoms with Gasteiger partial charge in [0.1, 0.15) is 11.4 Å². The minimum absolute atomic E-state index is 0.0159. The lowest BCUT2D eigenvalue weighted by Gasteiger charge is -2.32. The van der Waals surface area contributed by atoms with Crippen LogP contribution in [0.5, 0.6) is 5.75 Å². The van der Waals surface area contributed by atoms with Gasteiger partial charge in [-0.25, -0.2) is 4.79 Å². The summed E-state index contributed by atoms with van der Waals surface area (Å²) < 4.78 is 16.2. The van der Waals surface area contributed by atoms with E-state index in [1.807, 2.05) is 45.0 Å². The van der Waals surface area contributed by atoms with E-state index in [0.29, 0.717) is 23.7 Å². The van der Waals surface area contributed by atoms with Gasteiger partial charge < -0.3 is 34.4 Å². The summed E-state index contributed by atoms with van der Waals surface area (Å²) in [6.07, 6.45) is 6.63. The van der Waals surface area contributed by atoms with Crippen molar-refractivity contribution < 1.29 is 23.6 Å². The molecule has 2 aromatic rings. The average Bonchev–Trinajstić information content (AvgIpc) is 3.66. The van der Waals surface area contributed by atoms with Gasteiger partial charge in [0.05, 0.1) is 7.11 Å². The number of amides is 2. The minimum Gasteiger partial charge on any atom is -0.497 e. The normalized spacial score (nSPS) is 23.6. The molecule has 1 atom stereocenters. The number of benzene rings is 1. The predicted molar refractivity (Wildman–Crippen MR) is 164 cm³/mol. The van der Waals surface area contributed by atoms with Crippen LogP contribution in [0.2, 0.25) is 0 Å². The number of hydrogen-bond donors (Lipinski definition) is 2. The molecular formula is C32H48N6O5. The summed E-state index contributed by atoms with van der Waals surface area (Å²) in [6.45, 7) is 11.1. The van der Waals surface area contributed by atoms with E-state index in [1.165, 1.54) is 0 Å². The number of hydrogen-bond acceptors (Lipinski definition) is 9. The van der Waals surface area contributed by atoms with E-state index in [1.54, 1.807) is 7.11 Å². The number of piperidine rings is 1. The fourth-order valence-electron chi connectivity index (χ4n) is 6.50. The van der Waals surface area contributed by atoms with Crippen LogP contribution < -0.4 is 20.3 Å². The maximum atomic E-state index is 13.0. The van der Waals surface area contributed by atoms with E-state index in [9.17, 15) is 9.59 Å². The second kappa shape index (κ2) is 14.0. The van der Waals surface area contributed by atoms with Crippen LogP contribution >= 0.6 is 0 Å². The Kier molecular flexibility index (Phi) is 10.1. The number of alkyl carbamates (subject to hydrolysis) is 1. The van der Waals surface area contributed by atoms with Crippen LogP contribution in [0, 0.1) is 17.8 Å². The topological polar surface area (TPSA) is 122 Å². The second-order valence-electron chi connectivity index (χ2n) is 13.4. The van der Waals surface area contributed by atoms with Gasteiger partial charge in [-0.1, -0.05) is 5.16 Å². The summed E-state index contributed by atoms with van der Waals surface area (Å²) in [5.74, 6) is 2.68. The van der Waals surface area contributed by atoms with E-state index in [0.717, 1.165) is 95.5 Å². The van der Waals surface area contributed by atoms with Crippen molar-refractivity contribution in [1.29, 1.82) is 0 Å². The molecule has 1 unspecified atom stereocenters. The molecule has 0 radical (unpaired) electrons. The Morgan fingerprint density at radius 2 is 1.70 bits per heavy atom. The van der Waals surface area contributed by atoms with Gasteiger partial charge in [0.25, 0.3) is 0 Å². The summed E-state index contributed by atoms with van der Waals surface area (Å²) in [5.41, 5.74) is 0.403. The molecule has 1 aliphatic carbocycles. The zero-order valence-corrected chi connectivity index (χ0v) is 26.1. The molecular weight excluding hydrogens is 548 g/mol. The van der Waals surface area contributed by atoms with Crippen molar-refractivity contribution in [2.75, 3.05) is 51.3 Å². The molecule has 2 saturated heterocycles. The first-order valence-corrected chi connectivity index (χ1v) is 15.9. The van der Waals surface area contributed by atoms with E-state index in [-0.39, 0.29) is 24.0 Å². The third-order valence-electron chi connectivity index (χ3n) is 8.92. The highest BCUT2D eigenvalue weighted by molar-refractivity contribution is 5.79. The van der Waals surface area contributed by atoms with E-state index < -0.39 is 5.60 Å². The van der Waals surface area contributed by atoms with Crippen LogP contribution in [0.1, 0.15) is 65.7 Å². The van der Waals surface area contributed by atoms with E-state index in [4.69, 9.17) is 14.0 Å². The summed E-state index contributed by atoms with van der Waals surface area (Å²) in [5, 5.41) is 10.4. The zero-order chi connectivity index (χ0) is 30.4. The fourth-order valence-corrected chi connectivity index (χ4v) is 6.50. The molecule has 43 heavy (non-hydrogen) atoms. The molecule has 2 aliphatic heterocycles. The van der Waals surface area contributed by atoms with Crippen molar-refractivity contribution in [2.45, 2.75) is 77.4 Å². The first kappa shape index (κ1) is 31.1. The predicted octanol–water partition coefficient (Wildman–Crippen LogP) is 4.48. The Labute approximate surface area is 255 Å². The molecule has 1 aromatic heterocycles. The smallest absolute Gasteiger partial charge is 0.407 e. The molecule has 3 fully saturated rings. The number of carbonyl (C=O) groups is 2. The van der Waals surface area contributed by atoms with Crippen molar-refractivity contribution in [3.63, 3.8) is 0 Å². The highest BCUT2D eigenvalue weighted by atomic mass is 16.6. The van der Waals surface area contributed by atoms with Gasteiger partial charge in [0.15, 0.2) is 0 Å². The number of nitrogens with one attached hydrogen (secondary N) is 2. The molecule has 2 N–H and O–H groups in total. The fraction of sp³-hybridized carbons (Fsp3) is 0.688. The van der Waals surface area contributed by atoms with Crippen molar-refractivity contribution in [3.05, 3.63) is 24.3 Å². The average molecular weight is 597 g/mol. The highest BCUT2D eigenvalue weighted by Gasteiger charge is 2.31. The van der Waals surface area contributed by atoms with Crippen LogP contribution in [-0.4, -0.2) is 85.1 Å². The summed E-state index contributed by atoms with van der Waals surface area (Å²) in [7, 11) is 1.64. The number of carbonyl (C=O) groups excluding carboxylic acids is 2. The number of aromatic nitrogens is 2. The molecule has 1 saturated carbocycles. The molecule has 2 amide bonds. The molecule has 3 aliphatic rings. The molecule has 11 nitrogen and oxygen atoms in total. The molecule has 5 rings (SSSR count). The number of nitrogens with zero attached hydrogens (tertiary/aromatic N) is 4. The van der Waals surface area contributed by atoms with Gasteiger partial charge in [-0.2, -0.15) is 4.98 Å². The van der Waals surface area contributed by atoms with Crippen molar-refractivity contribution in [1.82, 2.24) is 25.7 Å². The van der Waals surface area contributed by atoms with Gasteiger partial charge in [0.2, 0.25) is 11.7 Å². The Bertz CT molecular complexity index is 1200. The number of rotatable bonds is 9. The van der Waals surface area contributed by atoms with Crippen LogP contribution in [0.15, 0.2) is 28.8 Å². The number of likely N-dealkylation sites (tertiary alicyclic amines) is 1. The quantitative estimate of drug-likeness (QED) is 0.431. The molecule has 0 spiro atoms. The third-order valence-corrected chi connectivity index (χ3v) is 8.92. The lowest BCUT2D eigenvalue weighted by molar-refractivity contribution is -0.125. The van der Waals surface area contributed by atoms with Gasteiger partial charge in [-0.05, 0) is 108 Å². The summed E-state index contributed by atoms with van der Waals surface area (Å²) >= 11 is 0. The van der Waals surface area contributed by atoms with Crippen LogP contribution in [0.4, 0.5) is 10.8 Å². The lowest BCUT2D eigenvalue weighted by Crippen LogP contribution is -2.42. The van der Waals surface area contributed by atoms with Crippen molar-refractivity contribution in [2.24, 2.45) is 17.8 Å². The highest BCUT2D eigenvalue weighted by Crippen LogP contribution is 2.29. The van der Waals surface area contributed by atoms with Crippen molar-refractivity contribution in [3.8, 4) is 17.1 Å². The first-order chi connectivity index (χ1) is 20.6. The Morgan fingerprint density at radius 3 is 2.37 bits per heavy atom. The Hall–Kier alpha value is -3.34. The molecule has 11 heteroatoms. The maximum absolute atomic E-state index is 13.0. The van der Waals surface area contributed by atoms with Crippen LogP contribution in [0.25, 0.3) is 11.4 Å². The molecule has 236 valence electrons. The monoisotopic (exact) mass is 596 g/mol. The number of ether oxygens (including phenoxy) is 2. The SMILES string of the molecule is COc1ccc(-c2noc(N3CCC(C(=O)NCC4CCN(CC5CCC(NC(=O)OC(C)(C)C)CC5)C4)CC3)n2)cc1. The largest absolute Gasteiger partial charge is 0.497 e. The number of methoxy groups -OCH3 is 1. The molecule has 0 bridgehead atoms. The van der Waals surface area contributed by atoms with E-state index >= 15 is 0 Å². The first-order valence-electron chi connectivity index (χ1n) is 15.9. The number of anilines is 1. The maximum Gasteiger partial charge on any atom is 0.407 e. The van der Waals surface area contributed by atoms with E-state index in [2.05, 4.69) is 30.6 Å². The van der Waals surface area contributed by atoms with Crippen LogP contribution in [-0.2, 0) is 9.53 Å². The summed E-state index contributed by atoms with van der Waals surface area (Å²) in [6, 6.07) is 8.28. The molecule has 3 heterocycles. The Morgan fingerprint density at radius 1 is 0.977 bits per heavy atom. The molecule has 1 aromatic carbocycles. The van der Waals surface area contributed by atoms with Gasteiger partial charge >= 0.3 is 12.1 Å². The zero-order valence-electron chi connectivity index (χ0n) is 26.1. The van der Waals surface area contributed by atoms with Crippen molar-refractivity contribution >= 4 is 18.0 Å². The third kappa shape index (κ3) is 8.84.